The Morgan fingerprint density at radius 3 is 2.25 bits per heavy atom. The highest BCUT2D eigenvalue weighted by molar-refractivity contribution is 8.13. The molecule has 0 radical (unpaired) electrons. The summed E-state index contributed by atoms with van der Waals surface area (Å²) >= 11 is 0. The maximum Gasteiger partial charge on any atom is 0.0529 e. The van der Waals surface area contributed by atoms with Gasteiger partial charge in [0.1, 0.15) is 0 Å². The number of hydrogen-bond acceptors (Lipinski definition) is 1. The zero-order valence-electron chi connectivity index (χ0n) is 11.0. The van der Waals surface area contributed by atoms with Gasteiger partial charge >= 0.3 is 0 Å². The van der Waals surface area contributed by atoms with Gasteiger partial charge in [-0.15, -0.1) is 9.53 Å². The predicted octanol–water partition coefficient (Wildman–Crippen LogP) is 2.65. The van der Waals surface area contributed by atoms with Crippen LogP contribution in [-0.4, -0.2) is 26.8 Å². The van der Waals surface area contributed by atoms with E-state index in [-0.39, 0.29) is 5.25 Å². The maximum atomic E-state index is 12.2. The molecule has 1 aliphatic carbocycles. The lowest BCUT2D eigenvalue weighted by Gasteiger charge is -2.45. The largest absolute Gasteiger partial charge is 0.290 e. The van der Waals surface area contributed by atoms with Gasteiger partial charge in [0, 0.05) is 12.8 Å². The molecule has 1 aliphatic rings. The normalized spacial score (nSPS) is 30.0. The molecule has 0 aromatic rings. The van der Waals surface area contributed by atoms with Crippen LogP contribution in [0.3, 0.4) is 0 Å². The first kappa shape index (κ1) is 14.1. The number of rotatable bonds is 4. The summed E-state index contributed by atoms with van der Waals surface area (Å²) in [7, 11) is -3.60. The average molecular weight is 249 g/mol. The van der Waals surface area contributed by atoms with Gasteiger partial charge in [-0.05, 0) is 38.5 Å². The third kappa shape index (κ3) is 3.82. The van der Waals surface area contributed by atoms with Gasteiger partial charge < -0.3 is 0 Å². The first-order chi connectivity index (χ1) is 7.19. The van der Waals surface area contributed by atoms with Gasteiger partial charge in [0.05, 0.1) is 5.25 Å². The molecular formula is C12H27NO2S. The van der Waals surface area contributed by atoms with E-state index in [1.165, 1.54) is 31.9 Å². The molecule has 98 valence electrons. The van der Waals surface area contributed by atoms with E-state index < -0.39 is 9.53 Å². The van der Waals surface area contributed by atoms with Crippen LogP contribution in [0, 0.1) is 11.8 Å². The molecule has 0 unspecified atom stereocenters. The van der Waals surface area contributed by atoms with E-state index in [1.807, 2.05) is 0 Å². The highest BCUT2D eigenvalue weighted by Gasteiger charge is 2.27. The minimum Gasteiger partial charge on any atom is -0.290 e. The second-order valence-corrected chi connectivity index (χ2v) is 9.83. The summed E-state index contributed by atoms with van der Waals surface area (Å²) in [4.78, 5) is 0. The van der Waals surface area contributed by atoms with Crippen LogP contribution in [0.4, 0.5) is 0 Å². The van der Waals surface area contributed by atoms with Crippen molar-refractivity contribution >= 4 is 9.53 Å². The van der Waals surface area contributed by atoms with Crippen molar-refractivity contribution in [3.63, 3.8) is 0 Å². The zero-order valence-corrected chi connectivity index (χ0v) is 11.8. The smallest absolute Gasteiger partial charge is 0.0529 e. The monoisotopic (exact) mass is 249 g/mol. The van der Waals surface area contributed by atoms with Crippen LogP contribution in [0.15, 0.2) is 0 Å². The minimum atomic E-state index is -3.60. The van der Waals surface area contributed by atoms with E-state index in [0.29, 0.717) is 12.5 Å². The fourth-order valence-corrected chi connectivity index (χ4v) is 2.99. The standard InChI is InChI=1S/C12H27NO2S/c1-10(2)16(4,14,15)13-9-12-7-5-11(3)6-8-12/h10-12H,5-9H2,1-4H3,(H2,13,14,15). The second-order valence-electron chi connectivity index (χ2n) is 5.88. The molecular weight excluding hydrogens is 222 g/mol. The van der Waals surface area contributed by atoms with Crippen molar-refractivity contribution < 1.29 is 8.76 Å². The van der Waals surface area contributed by atoms with Gasteiger partial charge in [0.15, 0.2) is 0 Å². The van der Waals surface area contributed by atoms with Gasteiger partial charge in [-0.1, -0.05) is 19.8 Å². The number of hydrogen-bond donors (Lipinski definition) is 2. The van der Waals surface area contributed by atoms with E-state index in [9.17, 15) is 8.76 Å². The van der Waals surface area contributed by atoms with Gasteiger partial charge in [-0.3, -0.25) is 4.55 Å². The number of nitrogens with one attached hydrogen (secondary N) is 1. The SMILES string of the molecule is CC1CCC(CNS(C)(=O)(O)C(C)C)CC1. The minimum absolute atomic E-state index is 0.237. The van der Waals surface area contributed by atoms with Crippen LogP contribution >= 0.6 is 0 Å². The van der Waals surface area contributed by atoms with Crippen molar-refractivity contribution in [3.8, 4) is 0 Å². The summed E-state index contributed by atoms with van der Waals surface area (Å²) in [6, 6.07) is 0. The Bertz CT molecular complexity index is 287. The predicted molar refractivity (Wildman–Crippen MR) is 71.0 cm³/mol. The van der Waals surface area contributed by atoms with E-state index in [1.54, 1.807) is 13.8 Å². The Balaban J connectivity index is 2.43. The van der Waals surface area contributed by atoms with E-state index in [2.05, 4.69) is 11.6 Å². The summed E-state index contributed by atoms with van der Waals surface area (Å²) in [5, 5.41) is -0.237. The van der Waals surface area contributed by atoms with Gasteiger partial charge in [-0.25, -0.2) is 4.72 Å². The maximum absolute atomic E-state index is 12.2. The van der Waals surface area contributed by atoms with E-state index >= 15 is 0 Å². The van der Waals surface area contributed by atoms with Crippen LogP contribution < -0.4 is 4.72 Å². The quantitative estimate of drug-likeness (QED) is 0.804. The van der Waals surface area contributed by atoms with Crippen molar-refractivity contribution in [2.75, 3.05) is 12.8 Å². The highest BCUT2D eigenvalue weighted by Crippen LogP contribution is 2.29. The first-order valence-electron chi connectivity index (χ1n) is 6.32. The van der Waals surface area contributed by atoms with Gasteiger partial charge in [-0.2, -0.15) is 4.21 Å². The lowest BCUT2D eigenvalue weighted by atomic mass is 9.83. The van der Waals surface area contributed by atoms with Crippen molar-refractivity contribution in [1.82, 2.24) is 4.72 Å². The lowest BCUT2D eigenvalue weighted by molar-refractivity contribution is 0.288. The molecule has 0 amide bonds. The Morgan fingerprint density at radius 1 is 1.31 bits per heavy atom. The molecule has 0 bridgehead atoms. The molecule has 0 saturated heterocycles. The van der Waals surface area contributed by atoms with Crippen molar-refractivity contribution in [1.29, 1.82) is 0 Å². The van der Waals surface area contributed by atoms with Gasteiger partial charge in [0.2, 0.25) is 0 Å². The molecule has 0 spiro atoms. The Morgan fingerprint density at radius 2 is 1.81 bits per heavy atom. The third-order valence-electron chi connectivity index (χ3n) is 3.97. The molecule has 1 fully saturated rings. The van der Waals surface area contributed by atoms with Crippen molar-refractivity contribution in [3.05, 3.63) is 0 Å². The van der Waals surface area contributed by atoms with E-state index in [0.717, 1.165) is 5.92 Å². The molecule has 0 atom stereocenters. The van der Waals surface area contributed by atoms with Gasteiger partial charge in [0.25, 0.3) is 0 Å². The van der Waals surface area contributed by atoms with Crippen LogP contribution in [0.25, 0.3) is 0 Å². The average Bonchev–Trinajstić information content (AvgIpc) is 2.16. The Kier molecular flexibility index (Phi) is 4.19. The fraction of sp³-hybridized carbons (Fsp3) is 1.00. The molecule has 0 heterocycles. The second kappa shape index (κ2) is 4.75. The Hall–Kier alpha value is 0.0700. The first-order valence-corrected chi connectivity index (χ1v) is 8.72. The van der Waals surface area contributed by atoms with Crippen LogP contribution in [0.2, 0.25) is 0 Å². The highest BCUT2D eigenvalue weighted by atomic mass is 32.3. The van der Waals surface area contributed by atoms with Crippen molar-refractivity contribution in [2.24, 2.45) is 11.8 Å². The van der Waals surface area contributed by atoms with E-state index in [4.69, 9.17) is 0 Å². The molecule has 3 nitrogen and oxygen atoms in total. The summed E-state index contributed by atoms with van der Waals surface area (Å²) in [6.45, 7) is 6.56. The summed E-state index contributed by atoms with van der Waals surface area (Å²) < 4.78 is 25.2. The van der Waals surface area contributed by atoms with Crippen LogP contribution in [0.1, 0.15) is 46.5 Å². The molecule has 1 saturated carbocycles. The Labute approximate surface area is 99.7 Å². The molecule has 0 aliphatic heterocycles. The summed E-state index contributed by atoms with van der Waals surface area (Å²) in [6.07, 6.45) is 6.35. The molecule has 16 heavy (non-hydrogen) atoms. The zero-order chi connectivity index (χ0) is 12.4. The van der Waals surface area contributed by atoms with Crippen LogP contribution in [0.5, 0.6) is 0 Å². The fourth-order valence-electron chi connectivity index (χ4n) is 2.02. The molecule has 0 aromatic heterocycles. The lowest BCUT2D eigenvalue weighted by Crippen LogP contribution is -2.54. The third-order valence-corrected chi connectivity index (χ3v) is 7.06. The molecule has 0 aromatic carbocycles. The summed E-state index contributed by atoms with van der Waals surface area (Å²) in [5.41, 5.74) is 0. The van der Waals surface area contributed by atoms with Crippen LogP contribution in [-0.2, 0) is 9.53 Å². The topological polar surface area (TPSA) is 49.3 Å². The summed E-state index contributed by atoms with van der Waals surface area (Å²) in [5.74, 6) is 1.41. The molecule has 4 heteroatoms. The van der Waals surface area contributed by atoms with Crippen molar-refractivity contribution in [2.45, 2.75) is 51.7 Å². The molecule has 1 rings (SSSR count). The molecule has 2 N–H and O–H groups in total.